The minimum atomic E-state index is -4.83. The van der Waals surface area contributed by atoms with Gasteiger partial charge in [-0.15, -0.1) is 26.3 Å². The summed E-state index contributed by atoms with van der Waals surface area (Å²) >= 11 is 0. The van der Waals surface area contributed by atoms with Crippen molar-refractivity contribution in [3.8, 4) is 23.0 Å². The van der Waals surface area contributed by atoms with Gasteiger partial charge in [-0.3, -0.25) is 4.79 Å². The van der Waals surface area contributed by atoms with Gasteiger partial charge >= 0.3 is 30.9 Å². The number of aromatic hydroxyl groups is 1. The molecule has 19 heteroatoms. The highest BCUT2D eigenvalue weighted by Crippen LogP contribution is 2.31. The number of nitrogens with zero attached hydrogens (tertiary/aromatic N) is 2. The first-order valence-electron chi connectivity index (χ1n) is 16.5. The smallest absolute Gasteiger partial charge is 0.508 e. The number of amides is 2. The number of ether oxygens (including phenoxy) is 5. The van der Waals surface area contributed by atoms with Crippen LogP contribution in [0.4, 0.5) is 35.9 Å². The van der Waals surface area contributed by atoms with Gasteiger partial charge in [-0.2, -0.15) is 0 Å². The van der Waals surface area contributed by atoms with Gasteiger partial charge in [0.2, 0.25) is 5.60 Å². The fourth-order valence-corrected chi connectivity index (χ4v) is 4.71. The first kappa shape index (κ1) is 54.0. The van der Waals surface area contributed by atoms with Crippen molar-refractivity contribution < 1.29 is 79.4 Å². The van der Waals surface area contributed by atoms with Crippen LogP contribution in [0, 0.1) is 0 Å². The van der Waals surface area contributed by atoms with Crippen molar-refractivity contribution >= 4 is 23.9 Å². The molecule has 2 amide bonds. The Morgan fingerprint density at radius 3 is 1.47 bits per heavy atom. The highest BCUT2D eigenvalue weighted by Gasteiger charge is 2.47. The molecular weight excluding hydrogens is 774 g/mol. The second-order valence-electron chi connectivity index (χ2n) is 14.0. The predicted octanol–water partition coefficient (Wildman–Crippen LogP) is 9.60. The number of hydrogen-bond donors (Lipinski definition) is 2. The molecule has 1 atom stereocenters. The Labute approximate surface area is 329 Å². The molecule has 57 heavy (non-hydrogen) atoms. The van der Waals surface area contributed by atoms with Crippen LogP contribution in [-0.4, -0.2) is 99.7 Å². The lowest BCUT2D eigenvalue weighted by atomic mass is 9.92. The van der Waals surface area contributed by atoms with E-state index in [9.17, 15) is 50.6 Å². The number of piperidine rings is 2. The summed E-state index contributed by atoms with van der Waals surface area (Å²) in [5, 5.41) is 18.4. The van der Waals surface area contributed by atoms with E-state index in [1.165, 1.54) is 21.9 Å². The highest BCUT2D eigenvalue weighted by atomic mass is 19.4. The van der Waals surface area contributed by atoms with Crippen LogP contribution in [0.5, 0.6) is 23.0 Å². The van der Waals surface area contributed by atoms with Crippen LogP contribution in [0.1, 0.15) is 89.5 Å². The topological polar surface area (TPSA) is 161 Å². The lowest BCUT2D eigenvalue weighted by Gasteiger charge is -2.40. The average Bonchev–Trinajstić information content (AvgIpc) is 3.01. The van der Waals surface area contributed by atoms with Gasteiger partial charge in [-0.05, 0) is 103 Å². The number of phenols is 1. The number of carbonyl (C=O) groups is 4. The molecular formula is C38H56F6N2O11. The maximum absolute atomic E-state index is 12.3. The molecule has 2 aromatic rings. The number of alkyl halides is 6. The molecule has 2 fully saturated rings. The maximum atomic E-state index is 12.3. The fourth-order valence-electron chi connectivity index (χ4n) is 4.71. The molecule has 0 bridgehead atoms. The zero-order valence-corrected chi connectivity index (χ0v) is 30.5. The van der Waals surface area contributed by atoms with Gasteiger partial charge in [0.1, 0.15) is 34.2 Å². The molecule has 2 heterocycles. The molecule has 0 aromatic heterocycles. The Morgan fingerprint density at radius 1 is 0.667 bits per heavy atom. The van der Waals surface area contributed by atoms with Crippen molar-refractivity contribution in [2.75, 3.05) is 26.2 Å². The molecule has 1 unspecified atom stereocenters. The summed E-state index contributed by atoms with van der Waals surface area (Å²) in [6, 6.07) is 8.68. The number of hydrogen-bond acceptors (Lipinski definition) is 10. The predicted molar refractivity (Wildman–Crippen MR) is 198 cm³/mol. The molecule has 2 saturated heterocycles. The van der Waals surface area contributed by atoms with Gasteiger partial charge in [0.05, 0.1) is 13.1 Å². The van der Waals surface area contributed by atoms with Crippen molar-refractivity contribution in [2.45, 2.75) is 119 Å². The third-order valence-electron chi connectivity index (χ3n) is 6.84. The molecule has 2 aromatic carbocycles. The molecule has 2 N–H and O–H groups in total. The lowest BCUT2D eigenvalue weighted by molar-refractivity contribution is -0.275. The van der Waals surface area contributed by atoms with Gasteiger partial charge in [-0.1, -0.05) is 22.3 Å². The van der Waals surface area contributed by atoms with Crippen LogP contribution in [0.3, 0.4) is 0 Å². The Hall–Kier alpha value is -5.10. The Kier molecular flexibility index (Phi) is 20.8. The van der Waals surface area contributed by atoms with E-state index in [1.54, 1.807) is 20.8 Å². The van der Waals surface area contributed by atoms with E-state index in [-0.39, 0.29) is 70.9 Å². The Bertz CT molecular complexity index is 1560. The molecule has 326 valence electrons. The van der Waals surface area contributed by atoms with Gasteiger partial charge in [0.25, 0.3) is 0 Å². The Morgan fingerprint density at radius 2 is 1.07 bits per heavy atom. The van der Waals surface area contributed by atoms with Crippen LogP contribution in [0.25, 0.3) is 0 Å². The number of aliphatic carboxylic acids is 1. The van der Waals surface area contributed by atoms with Crippen LogP contribution in [0.15, 0.2) is 48.5 Å². The van der Waals surface area contributed by atoms with Crippen LogP contribution >= 0.6 is 0 Å². The standard InChI is InChI=1S/C18H22F3NO6.C10H17NO3.C7H5F3O2.3CH4/c1-16(2,3)28-15(25)22-10-4-9-17(11-22,14(23)24)26-12-5-7-13(8-6-12)27-18(19,20)21;1-10(2,3)14-9(13)11-6-4-5-8(12)7-11;8-7(9,10)12-6-3-1-5(11)2-4-6;;;/h5-8H,4,9-11H2,1-3H3,(H,23,24);4-7H2,1-3H3;1-4,11H;3*1H4. The summed E-state index contributed by atoms with van der Waals surface area (Å²) in [5.74, 6) is -2.03. The Balaban J connectivity index is 0. The number of likely N-dealkylation sites (tertiary alicyclic amines) is 2. The minimum Gasteiger partial charge on any atom is -0.508 e. The van der Waals surface area contributed by atoms with Gasteiger partial charge in [0.15, 0.2) is 5.78 Å². The molecule has 0 aliphatic carbocycles. The zero-order valence-electron chi connectivity index (χ0n) is 30.5. The maximum Gasteiger partial charge on any atom is 0.573 e. The van der Waals surface area contributed by atoms with Crippen molar-refractivity contribution in [1.82, 2.24) is 9.80 Å². The molecule has 0 saturated carbocycles. The van der Waals surface area contributed by atoms with E-state index in [2.05, 4.69) is 9.47 Å². The third-order valence-corrected chi connectivity index (χ3v) is 6.84. The van der Waals surface area contributed by atoms with Crippen molar-refractivity contribution in [3.05, 3.63) is 48.5 Å². The van der Waals surface area contributed by atoms with Gasteiger partial charge in [0, 0.05) is 25.9 Å². The SMILES string of the molecule is C.C.C.CC(C)(C)OC(=O)N1CCCC(=O)C1.CC(C)(C)OC(=O)N1CCCC(Oc2ccc(OC(F)(F)F)cc2)(C(=O)O)C1.Oc1ccc(OC(F)(F)F)cc1. The molecule has 13 nitrogen and oxygen atoms in total. The molecule has 0 spiro atoms. The number of ketones is 1. The second-order valence-corrected chi connectivity index (χ2v) is 14.0. The van der Waals surface area contributed by atoms with Crippen molar-refractivity contribution in [2.24, 2.45) is 0 Å². The number of rotatable bonds is 5. The number of carboxylic acids is 1. The summed E-state index contributed by atoms with van der Waals surface area (Å²) < 4.78 is 94.8. The van der Waals surface area contributed by atoms with E-state index in [4.69, 9.17) is 19.3 Å². The molecule has 0 radical (unpaired) electrons. The van der Waals surface area contributed by atoms with E-state index >= 15 is 0 Å². The normalized spacial score (nSPS) is 16.9. The summed E-state index contributed by atoms with van der Waals surface area (Å²) in [6.45, 7) is 11.4. The summed E-state index contributed by atoms with van der Waals surface area (Å²) in [6.07, 6.45) is -8.74. The quantitative estimate of drug-likeness (QED) is 0.276. The van der Waals surface area contributed by atoms with Crippen LogP contribution < -0.4 is 14.2 Å². The van der Waals surface area contributed by atoms with Crippen LogP contribution in [-0.2, 0) is 19.1 Å². The van der Waals surface area contributed by atoms with E-state index in [0.29, 0.717) is 25.9 Å². The van der Waals surface area contributed by atoms with Crippen LogP contribution in [0.2, 0.25) is 0 Å². The monoisotopic (exact) mass is 830 g/mol. The summed E-state index contributed by atoms with van der Waals surface area (Å²) in [5.41, 5.74) is -2.96. The third kappa shape index (κ3) is 21.1. The molecule has 2 aliphatic rings. The van der Waals surface area contributed by atoms with E-state index in [1.807, 2.05) is 20.8 Å². The number of phenolic OH excluding ortho intramolecular Hbond substituents is 1. The lowest BCUT2D eigenvalue weighted by Crippen LogP contribution is -2.58. The largest absolute Gasteiger partial charge is 0.573 e. The number of Topliss-reactive ketones (excluding diaryl/α,β-unsaturated/α-hetero) is 1. The second kappa shape index (κ2) is 22.0. The zero-order chi connectivity index (χ0) is 41.1. The summed E-state index contributed by atoms with van der Waals surface area (Å²) in [7, 11) is 0. The van der Waals surface area contributed by atoms with E-state index in [0.717, 1.165) is 42.8 Å². The summed E-state index contributed by atoms with van der Waals surface area (Å²) in [4.78, 5) is 49.5. The molecule has 4 rings (SSSR count). The fraction of sp³-hybridized carbons (Fsp3) is 0.579. The van der Waals surface area contributed by atoms with Crippen molar-refractivity contribution in [1.29, 1.82) is 0 Å². The van der Waals surface area contributed by atoms with Crippen molar-refractivity contribution in [3.63, 3.8) is 0 Å². The number of halogens is 6. The number of carboxylic acid groups (broad SMARTS) is 1. The molecule has 2 aliphatic heterocycles. The minimum absolute atomic E-state index is 0. The average molecular weight is 831 g/mol. The first-order valence-corrected chi connectivity index (χ1v) is 16.5. The first-order chi connectivity index (χ1) is 24.7. The number of benzene rings is 2. The van der Waals surface area contributed by atoms with E-state index < -0.39 is 47.3 Å². The van der Waals surface area contributed by atoms with Gasteiger partial charge < -0.3 is 43.7 Å². The number of carbonyl (C=O) groups excluding carboxylic acids is 3. The van der Waals surface area contributed by atoms with Gasteiger partial charge in [-0.25, -0.2) is 14.4 Å². The highest BCUT2D eigenvalue weighted by molar-refractivity contribution is 5.85.